The molecule has 0 aromatic rings. The van der Waals surface area contributed by atoms with Crippen LogP contribution in [0.2, 0.25) is 0 Å². The fourth-order valence-electron chi connectivity index (χ4n) is 0.309. The average molecular weight is 136 g/mol. The summed E-state index contributed by atoms with van der Waals surface area (Å²) in [4.78, 5) is 7.66. The summed E-state index contributed by atoms with van der Waals surface area (Å²) < 4.78 is 0. The van der Waals surface area contributed by atoms with Gasteiger partial charge in [0.2, 0.25) is 0 Å². The molecule has 0 aliphatic carbocycles. The van der Waals surface area contributed by atoms with E-state index in [1.165, 1.54) is 6.34 Å². The van der Waals surface area contributed by atoms with Crippen molar-refractivity contribution < 1.29 is 0 Å². The quantitative estimate of drug-likeness (QED) is 0.323. The summed E-state index contributed by atoms with van der Waals surface area (Å²) in [6.45, 7) is 7.35. The van der Waals surface area contributed by atoms with Crippen LogP contribution in [0.3, 0.4) is 0 Å². The Hall–Kier alpha value is -1.18. The first-order valence-corrected chi connectivity index (χ1v) is 3.10. The Morgan fingerprint density at radius 2 is 2.10 bits per heavy atom. The molecule has 0 unspecified atom stereocenters. The van der Waals surface area contributed by atoms with Crippen LogP contribution in [0.25, 0.3) is 0 Å². The molecule has 0 spiro atoms. The molecule has 0 amide bonds. The van der Waals surface area contributed by atoms with Gasteiger partial charge in [0.1, 0.15) is 6.34 Å². The summed E-state index contributed by atoms with van der Waals surface area (Å²) in [6.07, 6.45) is 6.63. The van der Waals surface area contributed by atoms with Crippen molar-refractivity contribution in [2.24, 2.45) is 9.98 Å². The number of allylic oxidation sites excluding steroid dienone is 2. The summed E-state index contributed by atoms with van der Waals surface area (Å²) in [5.74, 6) is 0. The minimum Gasteiger partial charge on any atom is -0.250 e. The fraction of sp³-hybridized carbons (Fsp3) is 0.250. The lowest BCUT2D eigenvalue weighted by Crippen LogP contribution is -1.66. The Morgan fingerprint density at radius 3 is 2.60 bits per heavy atom. The Labute approximate surface area is 61.7 Å². The molecule has 0 aliphatic rings. The van der Waals surface area contributed by atoms with E-state index in [4.69, 9.17) is 0 Å². The van der Waals surface area contributed by atoms with Crippen molar-refractivity contribution in [1.29, 1.82) is 0 Å². The Balaban J connectivity index is 3.81. The summed E-state index contributed by atoms with van der Waals surface area (Å²) in [5, 5.41) is 0. The van der Waals surface area contributed by atoms with Crippen molar-refractivity contribution in [2.45, 2.75) is 13.8 Å². The summed E-state index contributed by atoms with van der Waals surface area (Å²) in [6, 6.07) is 0. The average Bonchev–Trinajstić information content (AvgIpc) is 1.98. The highest BCUT2D eigenvalue weighted by molar-refractivity contribution is 5.70. The molecule has 0 aromatic heterocycles. The maximum absolute atomic E-state index is 3.88. The molecule has 0 radical (unpaired) electrons. The van der Waals surface area contributed by atoms with E-state index in [0.717, 1.165) is 5.57 Å². The van der Waals surface area contributed by atoms with Gasteiger partial charge in [-0.1, -0.05) is 12.7 Å². The van der Waals surface area contributed by atoms with Crippen LogP contribution in [0.4, 0.5) is 0 Å². The van der Waals surface area contributed by atoms with E-state index in [-0.39, 0.29) is 0 Å². The van der Waals surface area contributed by atoms with Crippen LogP contribution in [0.5, 0.6) is 0 Å². The van der Waals surface area contributed by atoms with Crippen molar-refractivity contribution in [1.82, 2.24) is 0 Å². The van der Waals surface area contributed by atoms with Gasteiger partial charge in [-0.3, -0.25) is 0 Å². The highest BCUT2D eigenvalue weighted by Crippen LogP contribution is 1.90. The van der Waals surface area contributed by atoms with Crippen molar-refractivity contribution in [3.8, 4) is 0 Å². The maximum atomic E-state index is 3.88. The van der Waals surface area contributed by atoms with Gasteiger partial charge >= 0.3 is 0 Å². The smallest absolute Gasteiger partial charge is 0.114 e. The van der Waals surface area contributed by atoms with E-state index in [0.29, 0.717) is 0 Å². The number of nitrogens with zero attached hydrogens (tertiary/aromatic N) is 2. The predicted octanol–water partition coefficient (Wildman–Crippen LogP) is 2.20. The molecule has 10 heavy (non-hydrogen) atoms. The van der Waals surface area contributed by atoms with E-state index >= 15 is 0 Å². The molecule has 0 rings (SSSR count). The van der Waals surface area contributed by atoms with Gasteiger partial charge in [0.05, 0.1) is 0 Å². The molecule has 0 aromatic carbocycles. The molecule has 0 saturated heterocycles. The van der Waals surface area contributed by atoms with Crippen molar-refractivity contribution in [3.63, 3.8) is 0 Å². The van der Waals surface area contributed by atoms with E-state index in [1.54, 1.807) is 18.5 Å². The van der Waals surface area contributed by atoms with Crippen LogP contribution in [0.1, 0.15) is 13.8 Å². The molecule has 2 nitrogen and oxygen atoms in total. The number of rotatable bonds is 3. The van der Waals surface area contributed by atoms with Gasteiger partial charge in [0.25, 0.3) is 0 Å². The number of aliphatic imine (C=N–C) groups is 2. The molecule has 0 saturated carbocycles. The third kappa shape index (κ3) is 4.97. The Bertz CT molecular complexity index is 176. The molecule has 2 heteroatoms. The second-order valence-electron chi connectivity index (χ2n) is 1.75. The van der Waals surface area contributed by atoms with Crippen molar-refractivity contribution in [2.75, 3.05) is 0 Å². The molecule has 0 aliphatic heterocycles. The standard InChI is InChI=1S/C8H12N2/c1-4-8(3)6-10-7-9-5-2/h4-7H,1H2,2-3H3/b8-6+,9-5-,10-7-. The lowest BCUT2D eigenvalue weighted by Gasteiger charge is -1.81. The maximum Gasteiger partial charge on any atom is 0.114 e. The van der Waals surface area contributed by atoms with Crippen molar-refractivity contribution >= 4 is 12.6 Å². The zero-order chi connectivity index (χ0) is 7.82. The van der Waals surface area contributed by atoms with Crippen LogP contribution in [0, 0.1) is 0 Å². The Kier molecular flexibility index (Phi) is 5.25. The SMILES string of the molecule is C=C/C(C)=C/N=C\N=C/C. The molecule has 54 valence electrons. The lowest BCUT2D eigenvalue weighted by atomic mass is 10.3. The predicted molar refractivity (Wildman–Crippen MR) is 46.6 cm³/mol. The van der Waals surface area contributed by atoms with E-state index < -0.39 is 0 Å². The monoisotopic (exact) mass is 136 g/mol. The molecule has 0 heterocycles. The van der Waals surface area contributed by atoms with Crippen molar-refractivity contribution in [3.05, 3.63) is 24.4 Å². The first-order valence-electron chi connectivity index (χ1n) is 3.10. The molecule has 0 N–H and O–H groups in total. The van der Waals surface area contributed by atoms with Gasteiger partial charge in [0, 0.05) is 12.4 Å². The van der Waals surface area contributed by atoms with E-state index in [2.05, 4.69) is 16.6 Å². The Morgan fingerprint density at radius 1 is 1.40 bits per heavy atom. The second-order valence-corrected chi connectivity index (χ2v) is 1.75. The zero-order valence-electron chi connectivity index (χ0n) is 6.41. The third-order valence-corrected chi connectivity index (χ3v) is 0.883. The number of hydrogen-bond acceptors (Lipinski definition) is 1. The fourth-order valence-corrected chi connectivity index (χ4v) is 0.309. The van der Waals surface area contributed by atoms with Crippen LogP contribution in [0.15, 0.2) is 34.4 Å². The molecule has 0 fully saturated rings. The molecular formula is C8H12N2. The summed E-state index contributed by atoms with van der Waals surface area (Å²) >= 11 is 0. The summed E-state index contributed by atoms with van der Waals surface area (Å²) in [7, 11) is 0. The van der Waals surface area contributed by atoms with Gasteiger partial charge < -0.3 is 0 Å². The summed E-state index contributed by atoms with van der Waals surface area (Å²) in [5.41, 5.74) is 1.03. The van der Waals surface area contributed by atoms with Gasteiger partial charge in [0.15, 0.2) is 0 Å². The molecular weight excluding hydrogens is 124 g/mol. The van der Waals surface area contributed by atoms with Gasteiger partial charge in [-0.2, -0.15) is 0 Å². The zero-order valence-corrected chi connectivity index (χ0v) is 6.41. The van der Waals surface area contributed by atoms with Gasteiger partial charge in [-0.15, -0.1) is 0 Å². The minimum atomic E-state index is 1.03. The third-order valence-electron chi connectivity index (χ3n) is 0.883. The van der Waals surface area contributed by atoms with E-state index in [9.17, 15) is 0 Å². The van der Waals surface area contributed by atoms with Gasteiger partial charge in [-0.25, -0.2) is 9.98 Å². The van der Waals surface area contributed by atoms with Crippen LogP contribution in [-0.2, 0) is 0 Å². The second kappa shape index (κ2) is 5.95. The highest BCUT2D eigenvalue weighted by Gasteiger charge is 1.72. The first-order chi connectivity index (χ1) is 4.81. The first kappa shape index (κ1) is 8.82. The van der Waals surface area contributed by atoms with Crippen LogP contribution in [-0.4, -0.2) is 12.6 Å². The normalized spacial score (nSPS) is 13.2. The number of hydrogen-bond donors (Lipinski definition) is 0. The molecule has 0 atom stereocenters. The van der Waals surface area contributed by atoms with Gasteiger partial charge in [-0.05, 0) is 19.4 Å². The van der Waals surface area contributed by atoms with Crippen LogP contribution < -0.4 is 0 Å². The van der Waals surface area contributed by atoms with Crippen LogP contribution >= 0.6 is 0 Å². The molecule has 0 bridgehead atoms. The largest absolute Gasteiger partial charge is 0.250 e. The highest BCUT2D eigenvalue weighted by atomic mass is 14.8. The topological polar surface area (TPSA) is 24.7 Å². The minimum absolute atomic E-state index is 1.03. The van der Waals surface area contributed by atoms with E-state index in [1.807, 2.05) is 13.8 Å². The lowest BCUT2D eigenvalue weighted by molar-refractivity contribution is 1.43.